The van der Waals surface area contributed by atoms with E-state index in [1.807, 2.05) is 35.2 Å². The number of methoxy groups -OCH3 is 1. The van der Waals surface area contributed by atoms with E-state index < -0.39 is 28.0 Å². The van der Waals surface area contributed by atoms with Crippen molar-refractivity contribution < 1.29 is 27.1 Å². The van der Waals surface area contributed by atoms with Crippen LogP contribution in [0.4, 0.5) is 10.2 Å². The van der Waals surface area contributed by atoms with Crippen LogP contribution in [-0.2, 0) is 32.5 Å². The number of fused-ring (bicyclic) bond motifs is 2. The average Bonchev–Trinajstić information content (AvgIpc) is 3.30. The summed E-state index contributed by atoms with van der Waals surface area (Å²) in [4.78, 5) is 28.8. The van der Waals surface area contributed by atoms with Gasteiger partial charge in [-0.3, -0.25) is 9.78 Å². The summed E-state index contributed by atoms with van der Waals surface area (Å²) in [5.74, 6) is 0.125. The SMILES string of the molecule is CO[C@H]1CN(c2cccc(-c3ccc4cnc(CNC(=O)c5ccc6c(c5)S(=O)(=O)CCOC6)cc4n3)n2)C[C@@H]1F. The monoisotopic (exact) mass is 577 g/mol. The summed E-state index contributed by atoms with van der Waals surface area (Å²) in [6.07, 6.45) is 0.128. The van der Waals surface area contributed by atoms with Crippen LogP contribution < -0.4 is 10.2 Å². The quantitative estimate of drug-likeness (QED) is 0.368. The first kappa shape index (κ1) is 27.2. The first-order valence-corrected chi connectivity index (χ1v) is 14.8. The maximum atomic E-state index is 14.2. The highest BCUT2D eigenvalue weighted by molar-refractivity contribution is 7.91. The van der Waals surface area contributed by atoms with Gasteiger partial charge < -0.3 is 19.7 Å². The van der Waals surface area contributed by atoms with Crippen molar-refractivity contribution in [2.75, 3.05) is 37.5 Å². The molecule has 0 saturated carbocycles. The molecule has 6 rings (SSSR count). The molecule has 1 saturated heterocycles. The molecule has 0 bridgehead atoms. The third-order valence-electron chi connectivity index (χ3n) is 7.30. The van der Waals surface area contributed by atoms with Gasteiger partial charge in [0.05, 0.1) is 59.6 Å². The van der Waals surface area contributed by atoms with Crippen molar-refractivity contribution in [1.82, 2.24) is 20.3 Å². The predicted molar refractivity (Wildman–Crippen MR) is 150 cm³/mol. The van der Waals surface area contributed by atoms with Crippen molar-refractivity contribution in [2.24, 2.45) is 0 Å². The summed E-state index contributed by atoms with van der Waals surface area (Å²) in [7, 11) is -2.01. The van der Waals surface area contributed by atoms with Crippen LogP contribution in [0.2, 0.25) is 0 Å². The zero-order chi connectivity index (χ0) is 28.6. The van der Waals surface area contributed by atoms with Gasteiger partial charge in [0, 0.05) is 30.8 Å². The number of nitrogens with zero attached hydrogens (tertiary/aromatic N) is 4. The molecule has 41 heavy (non-hydrogen) atoms. The highest BCUT2D eigenvalue weighted by Gasteiger charge is 2.33. The fourth-order valence-electron chi connectivity index (χ4n) is 5.02. The highest BCUT2D eigenvalue weighted by atomic mass is 32.2. The predicted octanol–water partition coefficient (Wildman–Crippen LogP) is 3.10. The Morgan fingerprint density at radius 1 is 1.12 bits per heavy atom. The number of anilines is 1. The molecule has 2 aliphatic heterocycles. The Hall–Kier alpha value is -4.00. The van der Waals surface area contributed by atoms with Crippen molar-refractivity contribution >= 4 is 32.5 Å². The van der Waals surface area contributed by atoms with Crippen LogP contribution in [0.25, 0.3) is 22.3 Å². The van der Waals surface area contributed by atoms with Crippen molar-refractivity contribution in [2.45, 2.75) is 30.3 Å². The van der Waals surface area contributed by atoms with E-state index >= 15 is 0 Å². The van der Waals surface area contributed by atoms with Crippen molar-refractivity contribution in [3.05, 3.63) is 77.6 Å². The highest BCUT2D eigenvalue weighted by Crippen LogP contribution is 2.26. The Kier molecular flexibility index (Phi) is 7.37. The van der Waals surface area contributed by atoms with E-state index in [1.165, 1.54) is 13.2 Å². The van der Waals surface area contributed by atoms with Crippen LogP contribution in [0.5, 0.6) is 0 Å². The molecule has 212 valence electrons. The number of benzene rings is 1. The second kappa shape index (κ2) is 11.1. The van der Waals surface area contributed by atoms with Gasteiger partial charge in [-0.1, -0.05) is 12.1 Å². The van der Waals surface area contributed by atoms with Crippen LogP contribution in [0.15, 0.2) is 65.7 Å². The second-order valence-electron chi connectivity index (χ2n) is 10.0. The summed E-state index contributed by atoms with van der Waals surface area (Å²) >= 11 is 0. The average molecular weight is 578 g/mol. The van der Waals surface area contributed by atoms with Crippen molar-refractivity contribution in [1.29, 1.82) is 0 Å². The zero-order valence-corrected chi connectivity index (χ0v) is 23.1. The fraction of sp³-hybridized carbons (Fsp3) is 0.310. The summed E-state index contributed by atoms with van der Waals surface area (Å²) in [6.45, 7) is 1.08. The zero-order valence-electron chi connectivity index (χ0n) is 22.3. The van der Waals surface area contributed by atoms with E-state index in [9.17, 15) is 17.6 Å². The Labute approximate surface area is 236 Å². The standard InChI is InChI=1S/C29H28FN5O5S/c1-39-26-16-35(15-22(26)30)28-4-2-3-23(34-28)24-8-7-19-13-31-21(12-25(19)33-24)14-32-29(36)18-5-6-20-17-40-9-10-41(37,38)27(20)11-18/h2-8,11-13,22,26H,9-10,14-17H2,1H3,(H,32,36)/t22-,26-/m0/s1. The number of hydrogen-bond acceptors (Lipinski definition) is 9. The van der Waals surface area contributed by atoms with Crippen LogP contribution in [0, 0.1) is 0 Å². The van der Waals surface area contributed by atoms with E-state index in [1.54, 1.807) is 24.4 Å². The smallest absolute Gasteiger partial charge is 0.251 e. The molecule has 1 amide bonds. The van der Waals surface area contributed by atoms with Gasteiger partial charge in [0.25, 0.3) is 5.91 Å². The van der Waals surface area contributed by atoms with Crippen LogP contribution in [0.3, 0.4) is 0 Å². The molecule has 2 aliphatic rings. The first-order chi connectivity index (χ1) is 19.8. The van der Waals surface area contributed by atoms with Gasteiger partial charge in [-0.25, -0.2) is 22.8 Å². The third kappa shape index (κ3) is 5.63. The summed E-state index contributed by atoms with van der Waals surface area (Å²) in [5, 5.41) is 3.63. The van der Waals surface area contributed by atoms with Gasteiger partial charge in [0.2, 0.25) is 0 Å². The van der Waals surface area contributed by atoms with Gasteiger partial charge in [-0.05, 0) is 48.0 Å². The maximum Gasteiger partial charge on any atom is 0.251 e. The Morgan fingerprint density at radius 2 is 1.98 bits per heavy atom. The number of rotatable bonds is 6. The van der Waals surface area contributed by atoms with E-state index in [0.717, 1.165) is 5.39 Å². The van der Waals surface area contributed by atoms with Gasteiger partial charge in [0.1, 0.15) is 18.1 Å². The number of ether oxygens (including phenoxy) is 2. The molecule has 0 radical (unpaired) electrons. The maximum absolute atomic E-state index is 14.2. The number of hydrogen-bond donors (Lipinski definition) is 1. The number of amides is 1. The molecule has 1 fully saturated rings. The molecule has 0 aliphatic carbocycles. The molecule has 12 heteroatoms. The van der Waals surface area contributed by atoms with Crippen molar-refractivity contribution in [3.8, 4) is 11.4 Å². The summed E-state index contributed by atoms with van der Waals surface area (Å²) in [6, 6.07) is 15.7. The first-order valence-electron chi connectivity index (χ1n) is 13.2. The third-order valence-corrected chi connectivity index (χ3v) is 9.06. The lowest BCUT2D eigenvalue weighted by molar-refractivity contribution is 0.0650. The van der Waals surface area contributed by atoms with Gasteiger partial charge in [0.15, 0.2) is 9.84 Å². The largest absolute Gasteiger partial charge is 0.377 e. The number of pyridine rings is 3. The lowest BCUT2D eigenvalue weighted by Gasteiger charge is -2.17. The number of halogens is 1. The molecule has 0 spiro atoms. The lowest BCUT2D eigenvalue weighted by atomic mass is 10.1. The molecule has 0 unspecified atom stereocenters. The van der Waals surface area contributed by atoms with Crippen LogP contribution in [0.1, 0.15) is 21.6 Å². The molecule has 1 N–H and O–H groups in total. The van der Waals surface area contributed by atoms with Crippen molar-refractivity contribution in [3.63, 3.8) is 0 Å². The number of carbonyl (C=O) groups excluding carboxylic acids is 1. The Morgan fingerprint density at radius 3 is 2.80 bits per heavy atom. The van der Waals surface area contributed by atoms with Gasteiger partial charge in [-0.15, -0.1) is 0 Å². The van der Waals surface area contributed by atoms with Gasteiger partial charge in [-0.2, -0.15) is 0 Å². The van der Waals surface area contributed by atoms with E-state index in [0.29, 0.717) is 40.5 Å². The van der Waals surface area contributed by atoms with Gasteiger partial charge >= 0.3 is 0 Å². The van der Waals surface area contributed by atoms with E-state index in [2.05, 4.69) is 10.3 Å². The normalized spacial score (nSPS) is 20.0. The Balaban J connectivity index is 1.19. The van der Waals surface area contributed by atoms with Crippen LogP contribution >= 0.6 is 0 Å². The number of aromatic nitrogens is 3. The molecule has 4 aromatic rings. The summed E-state index contributed by atoms with van der Waals surface area (Å²) in [5.41, 5.74) is 3.35. The number of sulfone groups is 1. The summed E-state index contributed by atoms with van der Waals surface area (Å²) < 4.78 is 49.9. The van der Waals surface area contributed by atoms with E-state index in [4.69, 9.17) is 19.4 Å². The number of alkyl halides is 1. The second-order valence-corrected chi connectivity index (χ2v) is 12.1. The minimum atomic E-state index is -3.52. The fourth-order valence-corrected chi connectivity index (χ4v) is 6.41. The minimum absolute atomic E-state index is 0.120. The Bertz CT molecular complexity index is 1730. The number of carbonyl (C=O) groups is 1. The molecule has 2 atom stereocenters. The molecule has 3 aromatic heterocycles. The minimum Gasteiger partial charge on any atom is -0.377 e. The molecule has 1 aromatic carbocycles. The molecule has 10 nitrogen and oxygen atoms in total. The van der Waals surface area contributed by atoms with Crippen LogP contribution in [-0.4, -0.2) is 74.1 Å². The number of nitrogens with one attached hydrogen (secondary N) is 1. The lowest BCUT2D eigenvalue weighted by Crippen LogP contribution is -2.24. The molecular formula is C29H28FN5O5S. The topological polar surface area (TPSA) is 124 Å². The molecular weight excluding hydrogens is 549 g/mol. The molecule has 5 heterocycles. The van der Waals surface area contributed by atoms with E-state index in [-0.39, 0.29) is 42.5 Å².